The Balaban J connectivity index is 1.30. The molecule has 0 N–H and O–H groups in total. The zero-order valence-electron chi connectivity index (χ0n) is 17.7. The van der Waals surface area contributed by atoms with Crippen molar-refractivity contribution in [2.75, 3.05) is 13.1 Å². The molecule has 2 aromatic rings. The average molecular weight is 414 g/mol. The van der Waals surface area contributed by atoms with Gasteiger partial charge in [0.05, 0.1) is 5.41 Å². The molecule has 158 valence electrons. The van der Waals surface area contributed by atoms with Gasteiger partial charge >= 0.3 is 0 Å². The van der Waals surface area contributed by atoms with E-state index in [4.69, 9.17) is 9.47 Å². The number of hydrogen-bond donors (Lipinski definition) is 0. The number of rotatable bonds is 5. The van der Waals surface area contributed by atoms with E-state index in [1.807, 2.05) is 18.2 Å². The largest absolute Gasteiger partial charge is 0.485 e. The van der Waals surface area contributed by atoms with E-state index in [2.05, 4.69) is 35.2 Å². The number of Topliss-reactive ketones (excluding diaryl/α,β-unsaturated/α-hetero) is 1. The molecule has 2 heterocycles. The predicted molar refractivity (Wildman–Crippen MR) is 117 cm³/mol. The molecule has 3 aliphatic carbocycles. The fourth-order valence-electron chi connectivity index (χ4n) is 6.52. The second-order valence-electron chi connectivity index (χ2n) is 9.91. The van der Waals surface area contributed by atoms with Crippen molar-refractivity contribution in [1.82, 2.24) is 4.90 Å². The van der Waals surface area contributed by atoms with Crippen LogP contribution in [-0.4, -0.2) is 35.9 Å². The first kappa shape index (κ1) is 18.0. The molecule has 2 fully saturated rings. The van der Waals surface area contributed by atoms with Crippen molar-refractivity contribution in [3.8, 4) is 11.5 Å². The molecular formula is C27H27NO3. The molecule has 2 aromatic carbocycles. The summed E-state index contributed by atoms with van der Waals surface area (Å²) in [5.41, 5.74) is 4.92. The van der Waals surface area contributed by atoms with Crippen LogP contribution in [0, 0.1) is 5.92 Å². The standard InChI is InChI=1S/C27H27NO3/c29-22-10-9-20-21-14-19-8-11-23(30-16-18-4-2-1-3-5-18)25-24(19)27(20,26(22)31-25)12-13-28(21)15-17-6-7-17/h1-5,8-9,11,17,21,26H,6-7,10,12-16H2/t21-,26+,27+/m1/s1. The monoisotopic (exact) mass is 413 g/mol. The van der Waals surface area contributed by atoms with Crippen molar-refractivity contribution in [1.29, 1.82) is 0 Å². The van der Waals surface area contributed by atoms with Crippen molar-refractivity contribution >= 4 is 5.78 Å². The topological polar surface area (TPSA) is 38.8 Å². The Kier molecular flexibility index (Phi) is 3.76. The highest BCUT2D eigenvalue weighted by atomic mass is 16.5. The third-order valence-corrected chi connectivity index (χ3v) is 8.10. The third kappa shape index (κ3) is 2.54. The summed E-state index contributed by atoms with van der Waals surface area (Å²) < 4.78 is 12.7. The lowest BCUT2D eigenvalue weighted by molar-refractivity contribution is -0.128. The normalized spacial score (nSPS) is 30.5. The van der Waals surface area contributed by atoms with Gasteiger partial charge in [-0.1, -0.05) is 42.5 Å². The van der Waals surface area contributed by atoms with Gasteiger partial charge in [0.25, 0.3) is 0 Å². The van der Waals surface area contributed by atoms with Crippen molar-refractivity contribution in [3.63, 3.8) is 0 Å². The fourth-order valence-corrected chi connectivity index (χ4v) is 6.52. The van der Waals surface area contributed by atoms with Gasteiger partial charge in [-0.2, -0.15) is 0 Å². The second-order valence-corrected chi connectivity index (χ2v) is 9.91. The number of allylic oxidation sites excluding steroid dienone is 1. The summed E-state index contributed by atoms with van der Waals surface area (Å²) in [6.45, 7) is 2.76. The van der Waals surface area contributed by atoms with Gasteiger partial charge in [0, 0.05) is 31.1 Å². The Morgan fingerprint density at radius 3 is 2.84 bits per heavy atom. The number of hydrogen-bond acceptors (Lipinski definition) is 4. The number of carbonyl (C=O) groups is 1. The number of ether oxygens (including phenoxy) is 2. The van der Waals surface area contributed by atoms with Gasteiger partial charge in [-0.05, 0) is 54.4 Å². The van der Waals surface area contributed by atoms with E-state index in [0.29, 0.717) is 19.1 Å². The number of benzene rings is 2. The zero-order chi connectivity index (χ0) is 20.6. The van der Waals surface area contributed by atoms with Crippen LogP contribution in [0.25, 0.3) is 0 Å². The zero-order valence-corrected chi connectivity index (χ0v) is 17.7. The first-order chi connectivity index (χ1) is 15.2. The molecule has 0 radical (unpaired) electrons. The maximum Gasteiger partial charge on any atom is 0.178 e. The van der Waals surface area contributed by atoms with Crippen LogP contribution < -0.4 is 9.47 Å². The Morgan fingerprint density at radius 1 is 1.13 bits per heavy atom. The van der Waals surface area contributed by atoms with Gasteiger partial charge < -0.3 is 9.47 Å². The van der Waals surface area contributed by atoms with Crippen molar-refractivity contribution in [3.05, 3.63) is 70.8 Å². The van der Waals surface area contributed by atoms with E-state index in [9.17, 15) is 4.79 Å². The van der Waals surface area contributed by atoms with E-state index in [1.165, 1.54) is 36.1 Å². The lowest BCUT2D eigenvalue weighted by Crippen LogP contribution is -2.61. The maximum atomic E-state index is 13.1. The molecule has 0 unspecified atom stereocenters. The number of ketones is 1. The Hall–Kier alpha value is -2.59. The Morgan fingerprint density at radius 2 is 2.00 bits per heavy atom. The van der Waals surface area contributed by atoms with Gasteiger partial charge in [0.1, 0.15) is 6.61 Å². The summed E-state index contributed by atoms with van der Waals surface area (Å²) >= 11 is 0. The van der Waals surface area contributed by atoms with E-state index in [0.717, 1.165) is 42.4 Å². The minimum Gasteiger partial charge on any atom is -0.485 e. The van der Waals surface area contributed by atoms with Crippen LogP contribution in [0.15, 0.2) is 54.1 Å². The van der Waals surface area contributed by atoms with Crippen molar-refractivity contribution in [2.24, 2.45) is 5.92 Å². The van der Waals surface area contributed by atoms with Crippen molar-refractivity contribution < 1.29 is 14.3 Å². The predicted octanol–water partition coefficient (Wildman–Crippen LogP) is 4.20. The summed E-state index contributed by atoms with van der Waals surface area (Å²) in [7, 11) is 0. The van der Waals surface area contributed by atoms with Crippen LogP contribution in [0.3, 0.4) is 0 Å². The van der Waals surface area contributed by atoms with Gasteiger partial charge in [-0.15, -0.1) is 0 Å². The first-order valence-corrected chi connectivity index (χ1v) is 11.7. The molecule has 0 aromatic heterocycles. The van der Waals surface area contributed by atoms with Gasteiger partial charge in [0.15, 0.2) is 23.4 Å². The molecule has 31 heavy (non-hydrogen) atoms. The van der Waals surface area contributed by atoms with E-state index in [1.54, 1.807) is 0 Å². The molecule has 7 rings (SSSR count). The van der Waals surface area contributed by atoms with Gasteiger partial charge in [-0.3, -0.25) is 9.69 Å². The molecule has 3 atom stereocenters. The van der Waals surface area contributed by atoms with E-state index in [-0.39, 0.29) is 17.3 Å². The highest BCUT2D eigenvalue weighted by Gasteiger charge is 2.63. The lowest BCUT2D eigenvalue weighted by Gasteiger charge is -2.53. The number of nitrogens with zero attached hydrogens (tertiary/aromatic N) is 1. The van der Waals surface area contributed by atoms with Crippen LogP contribution in [0.5, 0.6) is 11.5 Å². The number of piperidine rings is 1. The molecule has 0 amide bonds. The minimum absolute atomic E-state index is 0.219. The van der Waals surface area contributed by atoms with Crippen LogP contribution in [0.2, 0.25) is 0 Å². The van der Waals surface area contributed by atoms with Crippen LogP contribution in [0.4, 0.5) is 0 Å². The third-order valence-electron chi connectivity index (χ3n) is 8.10. The maximum absolute atomic E-state index is 13.1. The lowest BCUT2D eigenvalue weighted by atomic mass is 9.56. The quantitative estimate of drug-likeness (QED) is 0.689. The van der Waals surface area contributed by atoms with E-state index < -0.39 is 0 Å². The number of carbonyl (C=O) groups excluding carboxylic acids is 1. The summed E-state index contributed by atoms with van der Waals surface area (Å²) in [5, 5.41) is 0. The highest BCUT2D eigenvalue weighted by molar-refractivity contribution is 5.92. The molecular weight excluding hydrogens is 386 g/mol. The Labute approximate surface area is 182 Å². The smallest absolute Gasteiger partial charge is 0.178 e. The summed E-state index contributed by atoms with van der Waals surface area (Å²) in [5.74, 6) is 2.70. The fraction of sp³-hybridized carbons (Fsp3) is 0.444. The molecule has 1 saturated heterocycles. The second kappa shape index (κ2) is 6.46. The summed E-state index contributed by atoms with van der Waals surface area (Å²) in [6.07, 6.45) is 7.11. The van der Waals surface area contributed by atoms with Crippen molar-refractivity contribution in [2.45, 2.75) is 56.3 Å². The Bertz CT molecular complexity index is 1100. The first-order valence-electron chi connectivity index (χ1n) is 11.7. The van der Waals surface area contributed by atoms with Crippen LogP contribution in [-0.2, 0) is 23.2 Å². The van der Waals surface area contributed by atoms with Gasteiger partial charge in [0.2, 0.25) is 0 Å². The molecule has 1 spiro atoms. The molecule has 4 heteroatoms. The molecule has 5 aliphatic rings. The summed E-state index contributed by atoms with van der Waals surface area (Å²) in [6, 6.07) is 14.9. The van der Waals surface area contributed by atoms with Crippen LogP contribution >= 0.6 is 0 Å². The molecule has 1 saturated carbocycles. The van der Waals surface area contributed by atoms with Crippen LogP contribution in [0.1, 0.15) is 42.4 Å². The molecule has 2 bridgehead atoms. The number of likely N-dealkylation sites (tertiary alicyclic amines) is 1. The molecule has 2 aliphatic heterocycles. The highest BCUT2D eigenvalue weighted by Crippen LogP contribution is 2.62. The molecule has 4 nitrogen and oxygen atoms in total. The average Bonchev–Trinajstić information content (AvgIpc) is 3.54. The van der Waals surface area contributed by atoms with Gasteiger partial charge in [-0.25, -0.2) is 0 Å². The SMILES string of the molecule is O=C1CC=C2[C@H]3Cc4ccc(OCc5ccccc5)c5c4[C@@]2(CCN3CC2CC2)[C@H]1O5. The van der Waals surface area contributed by atoms with E-state index >= 15 is 0 Å². The minimum atomic E-state index is -0.381. The summed E-state index contributed by atoms with van der Waals surface area (Å²) in [4.78, 5) is 15.8.